The van der Waals surface area contributed by atoms with Crippen LogP contribution in [0.2, 0.25) is 0 Å². The normalized spacial score (nSPS) is 14.9. The monoisotopic (exact) mass is 852 g/mol. The van der Waals surface area contributed by atoms with Crippen molar-refractivity contribution in [2.75, 3.05) is 19.8 Å². The van der Waals surface area contributed by atoms with Crippen molar-refractivity contribution in [1.82, 2.24) is 0 Å². The van der Waals surface area contributed by atoms with E-state index in [2.05, 4.69) is 29.7 Å². The third-order valence-electron chi connectivity index (χ3n) is 9.01. The Labute approximate surface area is 355 Å². The molecule has 0 aromatic rings. The number of hydrogen-bond donors (Lipinski definition) is 4. The van der Waals surface area contributed by atoms with Crippen molar-refractivity contribution in [2.45, 2.75) is 180 Å². The van der Waals surface area contributed by atoms with E-state index in [-0.39, 0.29) is 19.4 Å². The highest BCUT2D eigenvalue weighted by atomic mass is 31.2. The molecule has 0 rings (SSSR count). The Morgan fingerprint density at radius 3 is 1.80 bits per heavy atom. The van der Waals surface area contributed by atoms with E-state index < -0.39 is 57.2 Å². The zero-order valence-electron chi connectivity index (χ0n) is 36.2. The van der Waals surface area contributed by atoms with E-state index in [4.69, 9.17) is 24.8 Å². The molecule has 12 nitrogen and oxygen atoms in total. The fourth-order valence-corrected chi connectivity index (χ4v) is 6.30. The van der Waals surface area contributed by atoms with Crippen molar-refractivity contribution < 1.29 is 52.6 Å². The molecule has 0 aliphatic heterocycles. The molecular formula is C46H78NO11P. The average Bonchev–Trinajstić information content (AvgIpc) is 3.21. The number of carbonyl (C=O) groups excluding carboxylic acids is 2. The van der Waals surface area contributed by atoms with E-state index >= 15 is 0 Å². The zero-order chi connectivity index (χ0) is 43.7. The van der Waals surface area contributed by atoms with Crippen LogP contribution in [0.5, 0.6) is 0 Å². The van der Waals surface area contributed by atoms with Crippen LogP contribution in [0.1, 0.15) is 162 Å². The van der Waals surface area contributed by atoms with Gasteiger partial charge < -0.3 is 30.3 Å². The Kier molecular flexibility index (Phi) is 38.2. The Morgan fingerprint density at radius 2 is 1.15 bits per heavy atom. The summed E-state index contributed by atoms with van der Waals surface area (Å²) >= 11 is 0. The second kappa shape index (κ2) is 40.3. The average molecular weight is 852 g/mol. The second-order valence-electron chi connectivity index (χ2n) is 14.6. The molecule has 0 radical (unpaired) electrons. The van der Waals surface area contributed by atoms with Gasteiger partial charge in [-0.05, 0) is 70.6 Å². The minimum absolute atomic E-state index is 0.0611. The number of hydrogen-bond acceptors (Lipinski definition) is 10. The van der Waals surface area contributed by atoms with Gasteiger partial charge in [-0.1, -0.05) is 151 Å². The zero-order valence-corrected chi connectivity index (χ0v) is 37.1. The highest BCUT2D eigenvalue weighted by molar-refractivity contribution is 7.47. The van der Waals surface area contributed by atoms with Gasteiger partial charge in [0.15, 0.2) is 6.10 Å². The lowest BCUT2D eigenvalue weighted by atomic mass is 10.1. The fraction of sp³-hybridized carbons (Fsp3) is 0.674. The summed E-state index contributed by atoms with van der Waals surface area (Å²) in [6, 6.07) is -1.54. The van der Waals surface area contributed by atoms with Crippen molar-refractivity contribution in [3.63, 3.8) is 0 Å². The summed E-state index contributed by atoms with van der Waals surface area (Å²) in [6.45, 7) is 2.48. The number of nitrogens with two attached hydrogens (primary N) is 1. The van der Waals surface area contributed by atoms with E-state index in [9.17, 15) is 28.9 Å². The van der Waals surface area contributed by atoms with Gasteiger partial charge in [0.05, 0.1) is 19.3 Å². The number of aliphatic hydroxyl groups is 1. The van der Waals surface area contributed by atoms with E-state index in [1.54, 1.807) is 6.08 Å². The fourth-order valence-electron chi connectivity index (χ4n) is 5.53. The molecule has 338 valence electrons. The highest BCUT2D eigenvalue weighted by Crippen LogP contribution is 2.43. The minimum atomic E-state index is -4.75. The molecule has 0 aromatic carbocycles. The van der Waals surface area contributed by atoms with Gasteiger partial charge in [0.1, 0.15) is 12.6 Å². The predicted octanol–water partition coefficient (Wildman–Crippen LogP) is 10.7. The molecule has 2 unspecified atom stereocenters. The maximum atomic E-state index is 12.6. The molecule has 13 heteroatoms. The lowest BCUT2D eigenvalue weighted by molar-refractivity contribution is -0.161. The number of unbranched alkanes of at least 4 members (excludes halogenated alkanes) is 14. The van der Waals surface area contributed by atoms with Crippen LogP contribution in [0.4, 0.5) is 0 Å². The van der Waals surface area contributed by atoms with E-state index in [0.717, 1.165) is 44.9 Å². The van der Waals surface area contributed by atoms with Crippen LogP contribution in [0.25, 0.3) is 0 Å². The number of esters is 2. The van der Waals surface area contributed by atoms with E-state index in [1.807, 2.05) is 55.5 Å². The molecule has 5 N–H and O–H groups in total. The summed E-state index contributed by atoms with van der Waals surface area (Å²) in [7, 11) is -4.75. The Morgan fingerprint density at radius 1 is 0.627 bits per heavy atom. The number of aliphatic hydroxyl groups excluding tert-OH is 1. The van der Waals surface area contributed by atoms with Gasteiger partial charge in [0.25, 0.3) is 0 Å². The summed E-state index contributed by atoms with van der Waals surface area (Å²) < 4.78 is 32.6. The number of phosphoric ester groups is 1. The summed E-state index contributed by atoms with van der Waals surface area (Å²) in [5, 5.41) is 18.7. The van der Waals surface area contributed by atoms with Crippen molar-refractivity contribution >= 4 is 25.7 Å². The first kappa shape index (κ1) is 55.9. The molecule has 0 fully saturated rings. The van der Waals surface area contributed by atoms with E-state index in [0.29, 0.717) is 25.7 Å². The molecule has 0 bridgehead atoms. The number of phosphoric acid groups is 1. The highest BCUT2D eigenvalue weighted by Gasteiger charge is 2.28. The number of allylic oxidation sites excluding steroid dienone is 10. The molecule has 0 heterocycles. The topological polar surface area (TPSA) is 192 Å². The first-order chi connectivity index (χ1) is 28.5. The molecular weight excluding hydrogens is 773 g/mol. The van der Waals surface area contributed by atoms with Crippen LogP contribution in [-0.2, 0) is 37.5 Å². The number of carboxylic acids is 1. The number of rotatable bonds is 40. The van der Waals surface area contributed by atoms with Crippen LogP contribution in [-0.4, -0.2) is 71.1 Å². The molecule has 4 atom stereocenters. The molecule has 0 aromatic heterocycles. The molecule has 59 heavy (non-hydrogen) atoms. The van der Waals surface area contributed by atoms with Crippen LogP contribution >= 0.6 is 7.82 Å². The third kappa shape index (κ3) is 40.1. The van der Waals surface area contributed by atoms with E-state index in [1.165, 1.54) is 64.2 Å². The van der Waals surface area contributed by atoms with Gasteiger partial charge in [-0.15, -0.1) is 0 Å². The Bertz CT molecular complexity index is 1290. The number of aliphatic carboxylic acids is 1. The van der Waals surface area contributed by atoms with Crippen LogP contribution in [0.3, 0.4) is 0 Å². The van der Waals surface area contributed by atoms with Gasteiger partial charge >= 0.3 is 25.7 Å². The molecule has 0 aliphatic rings. The lowest BCUT2D eigenvalue weighted by Gasteiger charge is -2.20. The number of carboxylic acid groups (broad SMARTS) is 1. The molecule has 0 spiro atoms. The van der Waals surface area contributed by atoms with Crippen molar-refractivity contribution in [3.05, 3.63) is 72.9 Å². The predicted molar refractivity (Wildman–Crippen MR) is 237 cm³/mol. The van der Waals surface area contributed by atoms with Crippen molar-refractivity contribution in [3.8, 4) is 0 Å². The smallest absolute Gasteiger partial charge is 0.472 e. The van der Waals surface area contributed by atoms with Gasteiger partial charge in [-0.3, -0.25) is 23.4 Å². The maximum Gasteiger partial charge on any atom is 0.472 e. The van der Waals surface area contributed by atoms with Gasteiger partial charge in [0, 0.05) is 12.8 Å². The van der Waals surface area contributed by atoms with Gasteiger partial charge in [-0.25, -0.2) is 4.57 Å². The van der Waals surface area contributed by atoms with Crippen LogP contribution in [0.15, 0.2) is 72.9 Å². The third-order valence-corrected chi connectivity index (χ3v) is 9.96. The number of ether oxygens (including phenoxy) is 2. The quantitative estimate of drug-likeness (QED) is 0.0150. The number of carbonyl (C=O) groups is 3. The minimum Gasteiger partial charge on any atom is -0.480 e. The lowest BCUT2D eigenvalue weighted by Crippen LogP contribution is -2.34. The molecule has 0 saturated carbocycles. The summed E-state index contributed by atoms with van der Waals surface area (Å²) in [5.74, 6) is -2.50. The van der Waals surface area contributed by atoms with Crippen LogP contribution < -0.4 is 5.73 Å². The van der Waals surface area contributed by atoms with Gasteiger partial charge in [0.2, 0.25) is 0 Å². The Balaban J connectivity index is 4.49. The van der Waals surface area contributed by atoms with Gasteiger partial charge in [-0.2, -0.15) is 0 Å². The summed E-state index contributed by atoms with van der Waals surface area (Å²) in [6.07, 6.45) is 44.6. The SMILES string of the molecule is CC/C=C\C(O)C/C=C/C=C\C/C=C\C/C=C\CCCC(=O)O[C@H](COC(=O)CCCCCCCCC/C=C\CCCCCCCC)COP(=O)(O)OC[C@H](N)C(=O)O. The summed E-state index contributed by atoms with van der Waals surface area (Å²) in [4.78, 5) is 46.0. The molecule has 0 aliphatic carbocycles. The second-order valence-corrected chi connectivity index (χ2v) is 16.1. The Hall–Kier alpha value is -3.12. The van der Waals surface area contributed by atoms with Crippen molar-refractivity contribution in [2.24, 2.45) is 5.73 Å². The summed E-state index contributed by atoms with van der Waals surface area (Å²) in [5.41, 5.74) is 5.33. The van der Waals surface area contributed by atoms with Crippen molar-refractivity contribution in [1.29, 1.82) is 0 Å². The maximum absolute atomic E-state index is 12.6. The largest absolute Gasteiger partial charge is 0.480 e. The first-order valence-electron chi connectivity index (χ1n) is 22.1. The first-order valence-corrected chi connectivity index (χ1v) is 23.6. The molecule has 0 saturated heterocycles. The molecule has 0 amide bonds. The van der Waals surface area contributed by atoms with Crippen LogP contribution in [0, 0.1) is 0 Å². The standard InChI is InChI=1S/C46H78NO11P/c1-3-5-7-8-9-10-11-12-13-14-15-16-20-23-26-29-32-36-44(49)55-38-42(39-56-59(53,54)57-40-43(47)46(51)52)58-45(50)37-33-30-27-24-21-18-17-19-22-25-28-31-35-41(48)34-6-4-2/h6,12-13,17-18,22,24-25,27-28,31,34,41-43,48H,3-5,7-11,14-16,19-21,23,26,29-30,32-33,35-40,47H2,1-2H3,(H,51,52)(H,53,54)/b13-12-,18-17-,25-22-,27-24-,31-28+,34-6-/t41?,42-,43+/m1/s1.